The molecule has 0 saturated heterocycles. The van der Waals surface area contributed by atoms with Crippen LogP contribution in [0.1, 0.15) is 32.6 Å². The van der Waals surface area contributed by atoms with Gasteiger partial charge in [-0.25, -0.2) is 4.79 Å². The van der Waals surface area contributed by atoms with E-state index in [0.717, 1.165) is 12.5 Å². The number of carboxylic acid groups (broad SMARTS) is 1. The summed E-state index contributed by atoms with van der Waals surface area (Å²) < 4.78 is 0. The normalized spacial score (nSPS) is 22.1. The number of urea groups is 1. The Kier molecular flexibility index (Phi) is 3.50. The third-order valence-electron chi connectivity index (χ3n) is 4.24. The maximum atomic E-state index is 11.8. The molecule has 0 spiro atoms. The molecule has 5 heteroatoms. The molecule has 1 unspecified atom stereocenters. The highest BCUT2D eigenvalue weighted by Crippen LogP contribution is 2.60. The predicted octanol–water partition coefficient (Wildman–Crippen LogP) is 1.54. The Morgan fingerprint density at radius 2 is 2.06 bits per heavy atom. The van der Waals surface area contributed by atoms with Gasteiger partial charge in [0.2, 0.25) is 0 Å². The van der Waals surface area contributed by atoms with Gasteiger partial charge in [-0.1, -0.05) is 6.92 Å². The number of carbonyl (C=O) groups is 2. The van der Waals surface area contributed by atoms with Crippen LogP contribution < -0.4 is 5.32 Å². The zero-order valence-corrected chi connectivity index (χ0v) is 11.1. The van der Waals surface area contributed by atoms with Gasteiger partial charge in [0.15, 0.2) is 0 Å². The molecule has 0 aliphatic heterocycles. The summed E-state index contributed by atoms with van der Waals surface area (Å²) in [5.74, 6) is -0.577. The molecule has 2 saturated carbocycles. The molecule has 2 amide bonds. The van der Waals surface area contributed by atoms with Crippen molar-refractivity contribution in [1.29, 1.82) is 0 Å². The Morgan fingerprint density at radius 1 is 1.44 bits per heavy atom. The Hall–Kier alpha value is -1.26. The predicted molar refractivity (Wildman–Crippen MR) is 67.2 cm³/mol. The molecular formula is C13H22N2O3. The number of nitrogens with one attached hydrogen (secondary N) is 1. The zero-order valence-electron chi connectivity index (χ0n) is 11.1. The summed E-state index contributed by atoms with van der Waals surface area (Å²) in [4.78, 5) is 24.0. The largest absolute Gasteiger partial charge is 0.481 e. The lowest BCUT2D eigenvalue weighted by Crippen LogP contribution is -2.43. The second-order valence-corrected chi connectivity index (χ2v) is 5.92. The van der Waals surface area contributed by atoms with Gasteiger partial charge in [0, 0.05) is 20.1 Å². The Morgan fingerprint density at radius 3 is 2.50 bits per heavy atom. The topological polar surface area (TPSA) is 69.6 Å². The number of carboxylic acids is 1. The van der Waals surface area contributed by atoms with Crippen LogP contribution in [0.4, 0.5) is 4.79 Å². The Balaban J connectivity index is 1.72. The van der Waals surface area contributed by atoms with Crippen LogP contribution >= 0.6 is 0 Å². The van der Waals surface area contributed by atoms with Crippen LogP contribution in [0.3, 0.4) is 0 Å². The second-order valence-electron chi connectivity index (χ2n) is 5.92. The van der Waals surface area contributed by atoms with E-state index in [1.54, 1.807) is 14.0 Å². The summed E-state index contributed by atoms with van der Waals surface area (Å²) in [5, 5.41) is 11.7. The van der Waals surface area contributed by atoms with E-state index in [1.807, 2.05) is 0 Å². The molecule has 0 bridgehead atoms. The van der Waals surface area contributed by atoms with E-state index in [0.29, 0.717) is 5.41 Å². The number of amides is 2. The number of rotatable bonds is 6. The standard InChI is InChI=1S/C13H22N2O3/c1-9(11(16)17)7-15(2)12(18)14-8-13(5-6-13)10-3-4-10/h9-10H,3-8H2,1-2H3,(H,14,18)(H,16,17). The van der Waals surface area contributed by atoms with Crippen LogP contribution in [0.2, 0.25) is 0 Å². The van der Waals surface area contributed by atoms with Gasteiger partial charge in [-0.15, -0.1) is 0 Å². The van der Waals surface area contributed by atoms with Crippen LogP contribution in [0.5, 0.6) is 0 Å². The molecule has 0 aromatic rings. The fourth-order valence-corrected chi connectivity index (χ4v) is 2.54. The Labute approximate surface area is 108 Å². The summed E-state index contributed by atoms with van der Waals surface area (Å²) in [7, 11) is 1.64. The summed E-state index contributed by atoms with van der Waals surface area (Å²) in [6, 6.07) is -0.157. The average Bonchev–Trinajstić information content (AvgIpc) is 3.15. The first-order valence-corrected chi connectivity index (χ1v) is 6.66. The third-order valence-corrected chi connectivity index (χ3v) is 4.24. The first kappa shape index (κ1) is 13.2. The first-order valence-electron chi connectivity index (χ1n) is 6.66. The molecule has 2 rings (SSSR count). The van der Waals surface area contributed by atoms with Gasteiger partial charge in [-0.3, -0.25) is 4.79 Å². The van der Waals surface area contributed by atoms with Crippen molar-refractivity contribution >= 4 is 12.0 Å². The van der Waals surface area contributed by atoms with Gasteiger partial charge in [-0.2, -0.15) is 0 Å². The summed E-state index contributed by atoms with van der Waals surface area (Å²) in [6.45, 7) is 2.61. The average molecular weight is 254 g/mol. The molecule has 0 aromatic heterocycles. The van der Waals surface area contributed by atoms with E-state index in [4.69, 9.17) is 5.11 Å². The molecule has 18 heavy (non-hydrogen) atoms. The second kappa shape index (κ2) is 4.78. The fourth-order valence-electron chi connectivity index (χ4n) is 2.54. The quantitative estimate of drug-likeness (QED) is 0.755. The van der Waals surface area contributed by atoms with Crippen LogP contribution in [0, 0.1) is 17.3 Å². The lowest BCUT2D eigenvalue weighted by Gasteiger charge is -2.22. The molecule has 0 heterocycles. The van der Waals surface area contributed by atoms with Crippen LogP contribution in [0.15, 0.2) is 0 Å². The number of hydrogen-bond acceptors (Lipinski definition) is 2. The zero-order chi connectivity index (χ0) is 13.3. The van der Waals surface area contributed by atoms with Gasteiger partial charge in [0.1, 0.15) is 0 Å². The number of hydrogen-bond donors (Lipinski definition) is 2. The van der Waals surface area contributed by atoms with E-state index in [1.165, 1.54) is 30.6 Å². The lowest BCUT2D eigenvalue weighted by atomic mass is 10.0. The number of carbonyl (C=O) groups excluding carboxylic acids is 1. The Bertz CT molecular complexity index is 348. The summed E-state index contributed by atoms with van der Waals surface area (Å²) >= 11 is 0. The molecule has 0 radical (unpaired) electrons. The van der Waals surface area contributed by atoms with Crippen molar-refractivity contribution in [3.63, 3.8) is 0 Å². The van der Waals surface area contributed by atoms with Crippen molar-refractivity contribution < 1.29 is 14.7 Å². The third kappa shape index (κ3) is 2.94. The SMILES string of the molecule is CC(CN(C)C(=O)NCC1(C2CC2)CC1)C(=O)O. The summed E-state index contributed by atoms with van der Waals surface area (Å²) in [5.41, 5.74) is 0.384. The highest BCUT2D eigenvalue weighted by molar-refractivity contribution is 5.75. The number of nitrogens with zero attached hydrogens (tertiary/aromatic N) is 1. The van der Waals surface area contributed by atoms with Gasteiger partial charge in [0.05, 0.1) is 5.92 Å². The molecule has 2 fully saturated rings. The van der Waals surface area contributed by atoms with Crippen molar-refractivity contribution in [1.82, 2.24) is 10.2 Å². The lowest BCUT2D eigenvalue weighted by molar-refractivity contribution is -0.141. The van der Waals surface area contributed by atoms with Crippen LogP contribution in [0.25, 0.3) is 0 Å². The smallest absolute Gasteiger partial charge is 0.317 e. The van der Waals surface area contributed by atoms with Crippen molar-refractivity contribution in [2.75, 3.05) is 20.1 Å². The minimum atomic E-state index is -0.869. The summed E-state index contributed by atoms with van der Waals surface area (Å²) in [6.07, 6.45) is 5.07. The van der Waals surface area contributed by atoms with Crippen LogP contribution in [-0.2, 0) is 4.79 Å². The van der Waals surface area contributed by atoms with E-state index in [2.05, 4.69) is 5.32 Å². The van der Waals surface area contributed by atoms with Crippen molar-refractivity contribution in [3.8, 4) is 0 Å². The molecule has 2 aliphatic rings. The van der Waals surface area contributed by atoms with E-state index < -0.39 is 11.9 Å². The minimum absolute atomic E-state index is 0.157. The molecule has 5 nitrogen and oxygen atoms in total. The maximum Gasteiger partial charge on any atom is 0.317 e. The van der Waals surface area contributed by atoms with Gasteiger partial charge < -0.3 is 15.3 Å². The van der Waals surface area contributed by atoms with Crippen molar-refractivity contribution in [2.24, 2.45) is 17.3 Å². The molecular weight excluding hydrogens is 232 g/mol. The first-order chi connectivity index (χ1) is 8.44. The van der Waals surface area contributed by atoms with Crippen molar-refractivity contribution in [2.45, 2.75) is 32.6 Å². The monoisotopic (exact) mass is 254 g/mol. The highest BCUT2D eigenvalue weighted by Gasteiger charge is 2.53. The molecule has 102 valence electrons. The maximum absolute atomic E-state index is 11.8. The highest BCUT2D eigenvalue weighted by atomic mass is 16.4. The fraction of sp³-hybridized carbons (Fsp3) is 0.846. The van der Waals surface area contributed by atoms with Crippen molar-refractivity contribution in [3.05, 3.63) is 0 Å². The molecule has 1 atom stereocenters. The van der Waals surface area contributed by atoms with Gasteiger partial charge in [-0.05, 0) is 37.0 Å². The van der Waals surface area contributed by atoms with Gasteiger partial charge >= 0.3 is 12.0 Å². The van der Waals surface area contributed by atoms with E-state index >= 15 is 0 Å². The molecule has 0 aromatic carbocycles. The number of aliphatic carboxylic acids is 1. The van der Waals surface area contributed by atoms with Crippen LogP contribution in [-0.4, -0.2) is 42.1 Å². The minimum Gasteiger partial charge on any atom is -0.481 e. The molecule has 2 N–H and O–H groups in total. The van der Waals surface area contributed by atoms with E-state index in [9.17, 15) is 9.59 Å². The van der Waals surface area contributed by atoms with Gasteiger partial charge in [0.25, 0.3) is 0 Å². The van der Waals surface area contributed by atoms with E-state index in [-0.39, 0.29) is 12.6 Å². The molecule has 2 aliphatic carbocycles.